The van der Waals surface area contributed by atoms with E-state index in [-0.39, 0.29) is 5.91 Å². The van der Waals surface area contributed by atoms with Gasteiger partial charge in [-0.3, -0.25) is 4.79 Å². The largest absolute Gasteiger partial charge is 0.333 e. The van der Waals surface area contributed by atoms with Crippen LogP contribution in [0.1, 0.15) is 32.2 Å². The molecule has 0 saturated carbocycles. The normalized spacial score (nSPS) is 13.6. The molecule has 4 rings (SSSR count). The van der Waals surface area contributed by atoms with Crippen molar-refractivity contribution in [1.82, 2.24) is 9.88 Å². The van der Waals surface area contributed by atoms with Crippen molar-refractivity contribution in [2.45, 2.75) is 19.4 Å². The van der Waals surface area contributed by atoms with Crippen LogP contribution in [0.25, 0.3) is 0 Å². The zero-order chi connectivity index (χ0) is 16.4. The zero-order valence-corrected chi connectivity index (χ0v) is 14.1. The predicted octanol–water partition coefficient (Wildman–Crippen LogP) is 3.93. The molecule has 0 fully saturated rings. The van der Waals surface area contributed by atoms with Crippen LogP contribution in [0.4, 0.5) is 0 Å². The standard InChI is InChI=1S/C20H18N2OS/c23-20(22-11-10-16-8-4-5-9-17(16)13-22)18-14-24-19(21-18)12-15-6-2-1-3-7-15/h1-9,14H,10-13H2. The van der Waals surface area contributed by atoms with Gasteiger partial charge in [0.2, 0.25) is 0 Å². The van der Waals surface area contributed by atoms with E-state index in [4.69, 9.17) is 0 Å². The molecule has 0 bridgehead atoms. The third-order valence-corrected chi connectivity index (χ3v) is 5.24. The summed E-state index contributed by atoms with van der Waals surface area (Å²) in [5.41, 5.74) is 4.39. The Labute approximate surface area is 145 Å². The molecule has 2 aromatic carbocycles. The molecule has 0 atom stereocenters. The van der Waals surface area contributed by atoms with E-state index >= 15 is 0 Å². The van der Waals surface area contributed by atoms with Gasteiger partial charge in [0.1, 0.15) is 5.69 Å². The summed E-state index contributed by atoms with van der Waals surface area (Å²) in [6.07, 6.45) is 1.70. The Morgan fingerprint density at radius 1 is 1.04 bits per heavy atom. The van der Waals surface area contributed by atoms with E-state index < -0.39 is 0 Å². The summed E-state index contributed by atoms with van der Waals surface area (Å²) < 4.78 is 0. The molecule has 24 heavy (non-hydrogen) atoms. The van der Waals surface area contributed by atoms with Gasteiger partial charge in [-0.1, -0.05) is 54.6 Å². The van der Waals surface area contributed by atoms with Crippen LogP contribution in [0.5, 0.6) is 0 Å². The zero-order valence-electron chi connectivity index (χ0n) is 13.3. The lowest BCUT2D eigenvalue weighted by molar-refractivity contribution is 0.0729. The van der Waals surface area contributed by atoms with Gasteiger partial charge in [0.25, 0.3) is 5.91 Å². The maximum absolute atomic E-state index is 12.7. The first kappa shape index (κ1) is 15.1. The number of amides is 1. The first-order valence-corrected chi connectivity index (χ1v) is 9.02. The summed E-state index contributed by atoms with van der Waals surface area (Å²) in [5, 5.41) is 2.88. The first-order chi connectivity index (χ1) is 11.8. The molecule has 3 aromatic rings. The molecule has 3 nitrogen and oxygen atoms in total. The smallest absolute Gasteiger partial charge is 0.273 e. The molecule has 0 unspecified atom stereocenters. The van der Waals surface area contributed by atoms with Crippen LogP contribution >= 0.6 is 11.3 Å². The lowest BCUT2D eigenvalue weighted by Crippen LogP contribution is -2.36. The highest BCUT2D eigenvalue weighted by Crippen LogP contribution is 2.21. The Balaban J connectivity index is 1.48. The number of carbonyl (C=O) groups is 1. The second kappa shape index (κ2) is 6.57. The van der Waals surface area contributed by atoms with Gasteiger partial charge in [-0.05, 0) is 23.1 Å². The third-order valence-electron chi connectivity index (χ3n) is 4.39. The molecule has 120 valence electrons. The number of nitrogens with zero attached hydrogens (tertiary/aromatic N) is 2. The van der Waals surface area contributed by atoms with Crippen molar-refractivity contribution in [3.05, 3.63) is 87.4 Å². The Hall–Kier alpha value is -2.46. The number of fused-ring (bicyclic) bond motifs is 1. The summed E-state index contributed by atoms with van der Waals surface area (Å²) >= 11 is 1.56. The van der Waals surface area contributed by atoms with E-state index in [0.717, 1.165) is 24.4 Å². The fourth-order valence-electron chi connectivity index (χ4n) is 3.09. The lowest BCUT2D eigenvalue weighted by atomic mass is 10.00. The molecule has 1 aliphatic rings. The molecule has 0 saturated heterocycles. The van der Waals surface area contributed by atoms with Gasteiger partial charge < -0.3 is 4.90 Å². The van der Waals surface area contributed by atoms with Crippen molar-refractivity contribution in [3.63, 3.8) is 0 Å². The quantitative estimate of drug-likeness (QED) is 0.727. The molecule has 1 amide bonds. The van der Waals surface area contributed by atoms with Crippen molar-refractivity contribution in [3.8, 4) is 0 Å². The molecule has 0 aliphatic carbocycles. The van der Waals surface area contributed by atoms with Crippen molar-refractivity contribution < 1.29 is 4.79 Å². The van der Waals surface area contributed by atoms with E-state index in [9.17, 15) is 4.79 Å². The van der Waals surface area contributed by atoms with Gasteiger partial charge >= 0.3 is 0 Å². The van der Waals surface area contributed by atoms with Crippen molar-refractivity contribution in [2.24, 2.45) is 0 Å². The minimum absolute atomic E-state index is 0.0417. The van der Waals surface area contributed by atoms with Gasteiger partial charge in [-0.25, -0.2) is 4.98 Å². The summed E-state index contributed by atoms with van der Waals surface area (Å²) in [6, 6.07) is 18.6. The van der Waals surface area contributed by atoms with Crippen molar-refractivity contribution in [2.75, 3.05) is 6.54 Å². The molecule has 0 N–H and O–H groups in total. The molecule has 0 spiro atoms. The number of rotatable bonds is 3. The van der Waals surface area contributed by atoms with Crippen LogP contribution in [0.2, 0.25) is 0 Å². The third kappa shape index (κ3) is 3.10. The topological polar surface area (TPSA) is 33.2 Å². The second-order valence-electron chi connectivity index (χ2n) is 6.03. The van der Waals surface area contributed by atoms with Crippen LogP contribution in [0.3, 0.4) is 0 Å². The molecule has 0 radical (unpaired) electrons. The van der Waals surface area contributed by atoms with Crippen LogP contribution in [0.15, 0.2) is 60.0 Å². The summed E-state index contributed by atoms with van der Waals surface area (Å²) in [4.78, 5) is 19.2. The Morgan fingerprint density at radius 3 is 2.62 bits per heavy atom. The van der Waals surface area contributed by atoms with Gasteiger partial charge in [0.05, 0.1) is 5.01 Å². The number of thiazole rings is 1. The van der Waals surface area contributed by atoms with E-state index in [2.05, 4.69) is 35.3 Å². The van der Waals surface area contributed by atoms with Gasteiger partial charge in [0.15, 0.2) is 0 Å². The average Bonchev–Trinajstić information content (AvgIpc) is 3.10. The van der Waals surface area contributed by atoms with Crippen molar-refractivity contribution >= 4 is 17.2 Å². The Bertz CT molecular complexity index is 857. The molecule has 2 heterocycles. The summed E-state index contributed by atoms with van der Waals surface area (Å²) in [5.74, 6) is 0.0417. The second-order valence-corrected chi connectivity index (χ2v) is 6.98. The van der Waals surface area contributed by atoms with E-state index in [1.165, 1.54) is 16.7 Å². The SMILES string of the molecule is O=C(c1csc(Cc2ccccc2)n1)N1CCc2ccccc2C1. The van der Waals surface area contributed by atoms with Gasteiger partial charge in [0, 0.05) is 24.9 Å². The van der Waals surface area contributed by atoms with Crippen LogP contribution < -0.4 is 0 Å². The molecular weight excluding hydrogens is 316 g/mol. The number of carbonyl (C=O) groups excluding carboxylic acids is 1. The van der Waals surface area contributed by atoms with Gasteiger partial charge in [-0.15, -0.1) is 11.3 Å². The maximum Gasteiger partial charge on any atom is 0.273 e. The van der Waals surface area contributed by atoms with E-state index in [1.54, 1.807) is 11.3 Å². The van der Waals surface area contributed by atoms with E-state index in [0.29, 0.717) is 12.2 Å². The molecule has 4 heteroatoms. The maximum atomic E-state index is 12.7. The number of hydrogen-bond acceptors (Lipinski definition) is 3. The highest BCUT2D eigenvalue weighted by Gasteiger charge is 2.23. The van der Waals surface area contributed by atoms with Crippen LogP contribution in [-0.2, 0) is 19.4 Å². The molecular formula is C20H18N2OS. The Morgan fingerprint density at radius 2 is 1.79 bits per heavy atom. The van der Waals surface area contributed by atoms with Gasteiger partial charge in [-0.2, -0.15) is 0 Å². The monoisotopic (exact) mass is 334 g/mol. The lowest BCUT2D eigenvalue weighted by Gasteiger charge is -2.28. The van der Waals surface area contributed by atoms with Crippen molar-refractivity contribution in [1.29, 1.82) is 0 Å². The average molecular weight is 334 g/mol. The summed E-state index contributed by atoms with van der Waals surface area (Å²) in [7, 11) is 0. The Kier molecular flexibility index (Phi) is 4.13. The fourth-order valence-corrected chi connectivity index (χ4v) is 3.89. The minimum atomic E-state index is 0.0417. The molecule has 1 aromatic heterocycles. The summed E-state index contributed by atoms with van der Waals surface area (Å²) in [6.45, 7) is 1.45. The van der Waals surface area contributed by atoms with Crippen LogP contribution in [-0.4, -0.2) is 22.3 Å². The number of aromatic nitrogens is 1. The molecule has 1 aliphatic heterocycles. The number of hydrogen-bond donors (Lipinski definition) is 0. The highest BCUT2D eigenvalue weighted by atomic mass is 32.1. The predicted molar refractivity (Wildman–Crippen MR) is 96.2 cm³/mol. The van der Waals surface area contributed by atoms with E-state index in [1.807, 2.05) is 34.5 Å². The highest BCUT2D eigenvalue weighted by molar-refractivity contribution is 7.09. The minimum Gasteiger partial charge on any atom is -0.333 e. The number of benzene rings is 2. The fraction of sp³-hybridized carbons (Fsp3) is 0.200. The first-order valence-electron chi connectivity index (χ1n) is 8.14. The van der Waals surface area contributed by atoms with Crippen LogP contribution in [0, 0.1) is 0 Å².